The minimum Gasteiger partial charge on any atom is -0.347 e. The summed E-state index contributed by atoms with van der Waals surface area (Å²) >= 11 is 1.79. The highest BCUT2D eigenvalue weighted by molar-refractivity contribution is 14.0. The van der Waals surface area contributed by atoms with Crippen LogP contribution in [0.15, 0.2) is 40.7 Å². The fourth-order valence-electron chi connectivity index (χ4n) is 3.15. The van der Waals surface area contributed by atoms with Crippen LogP contribution in [0.2, 0.25) is 0 Å². The van der Waals surface area contributed by atoms with E-state index in [9.17, 15) is 4.79 Å². The highest BCUT2D eigenvalue weighted by Gasteiger charge is 2.21. The lowest BCUT2D eigenvalue weighted by Crippen LogP contribution is -2.46. The third-order valence-electron chi connectivity index (χ3n) is 4.67. The van der Waals surface area contributed by atoms with Crippen molar-refractivity contribution in [1.29, 1.82) is 0 Å². The van der Waals surface area contributed by atoms with E-state index in [1.807, 2.05) is 16.8 Å². The molecule has 2 aromatic rings. The Morgan fingerprint density at radius 3 is 2.74 bits per heavy atom. The Kier molecular flexibility index (Phi) is 8.09. The van der Waals surface area contributed by atoms with Crippen LogP contribution < -0.4 is 5.32 Å². The molecule has 0 aliphatic carbocycles. The van der Waals surface area contributed by atoms with Crippen LogP contribution in [0.4, 0.5) is 0 Å². The number of benzene rings is 1. The minimum atomic E-state index is 0. The van der Waals surface area contributed by atoms with Gasteiger partial charge in [0.25, 0.3) is 0 Å². The van der Waals surface area contributed by atoms with E-state index in [2.05, 4.69) is 52.9 Å². The SMILES string of the molecule is CN=C(NCC(=O)N1CCc2sccc2C1)N(C)Cc1ccc(C)cc1.I. The van der Waals surface area contributed by atoms with Gasteiger partial charge < -0.3 is 15.1 Å². The van der Waals surface area contributed by atoms with Crippen LogP contribution in [0.5, 0.6) is 0 Å². The van der Waals surface area contributed by atoms with E-state index >= 15 is 0 Å². The molecule has 0 fully saturated rings. The second-order valence-corrected chi connectivity index (χ2v) is 7.68. The maximum absolute atomic E-state index is 12.6. The van der Waals surface area contributed by atoms with Gasteiger partial charge in [0.05, 0.1) is 6.54 Å². The molecule has 0 saturated heterocycles. The predicted molar refractivity (Wildman–Crippen MR) is 123 cm³/mol. The molecule has 0 bridgehead atoms. The van der Waals surface area contributed by atoms with Crippen LogP contribution in [0.1, 0.15) is 21.6 Å². The molecule has 0 atom stereocenters. The number of hydrogen-bond acceptors (Lipinski definition) is 3. The molecule has 0 radical (unpaired) electrons. The number of aliphatic imine (C=N–C) groups is 1. The lowest BCUT2D eigenvalue weighted by Gasteiger charge is -2.28. The van der Waals surface area contributed by atoms with Gasteiger partial charge in [-0.05, 0) is 35.9 Å². The molecular formula is C20H27IN4OS. The number of guanidine groups is 1. The van der Waals surface area contributed by atoms with Crippen molar-refractivity contribution in [1.82, 2.24) is 15.1 Å². The summed E-state index contributed by atoms with van der Waals surface area (Å²) in [4.78, 5) is 22.2. The van der Waals surface area contributed by atoms with Gasteiger partial charge >= 0.3 is 0 Å². The lowest BCUT2D eigenvalue weighted by molar-refractivity contribution is -0.130. The van der Waals surface area contributed by atoms with Crippen LogP contribution in [0.25, 0.3) is 0 Å². The molecule has 0 saturated carbocycles. The molecule has 0 unspecified atom stereocenters. The number of thiophene rings is 1. The summed E-state index contributed by atoms with van der Waals surface area (Å²) < 4.78 is 0. The third kappa shape index (κ3) is 5.68. The molecule has 1 N–H and O–H groups in total. The summed E-state index contributed by atoms with van der Waals surface area (Å²) in [5, 5.41) is 5.31. The summed E-state index contributed by atoms with van der Waals surface area (Å²) in [5.41, 5.74) is 3.75. The monoisotopic (exact) mass is 498 g/mol. The molecule has 1 aliphatic rings. The molecule has 7 heteroatoms. The van der Waals surface area contributed by atoms with Crippen molar-refractivity contribution in [3.8, 4) is 0 Å². The summed E-state index contributed by atoms with van der Waals surface area (Å²) in [5.74, 6) is 0.846. The lowest BCUT2D eigenvalue weighted by atomic mass is 10.1. The summed E-state index contributed by atoms with van der Waals surface area (Å²) in [7, 11) is 3.73. The molecule has 1 aliphatic heterocycles. The first-order valence-electron chi connectivity index (χ1n) is 8.87. The van der Waals surface area contributed by atoms with Gasteiger partial charge in [0.2, 0.25) is 5.91 Å². The average Bonchev–Trinajstić information content (AvgIpc) is 3.11. The number of fused-ring (bicyclic) bond motifs is 1. The van der Waals surface area contributed by atoms with Crippen LogP contribution in [0.3, 0.4) is 0 Å². The zero-order valence-electron chi connectivity index (χ0n) is 16.1. The van der Waals surface area contributed by atoms with Crippen molar-refractivity contribution < 1.29 is 4.79 Å². The van der Waals surface area contributed by atoms with E-state index in [4.69, 9.17) is 0 Å². The number of nitrogens with one attached hydrogen (secondary N) is 1. The molecule has 146 valence electrons. The molecule has 2 heterocycles. The molecule has 0 spiro atoms. The molecular weight excluding hydrogens is 471 g/mol. The molecule has 27 heavy (non-hydrogen) atoms. The zero-order chi connectivity index (χ0) is 18.5. The van der Waals surface area contributed by atoms with E-state index in [-0.39, 0.29) is 36.4 Å². The van der Waals surface area contributed by atoms with Gasteiger partial charge in [-0.2, -0.15) is 0 Å². The molecule has 1 amide bonds. The third-order valence-corrected chi connectivity index (χ3v) is 5.69. The number of nitrogens with zero attached hydrogens (tertiary/aromatic N) is 3. The molecule has 3 rings (SSSR count). The van der Waals surface area contributed by atoms with E-state index in [0.717, 1.165) is 32.0 Å². The van der Waals surface area contributed by atoms with Crippen molar-refractivity contribution >= 4 is 47.2 Å². The Morgan fingerprint density at radius 1 is 1.30 bits per heavy atom. The quantitative estimate of drug-likeness (QED) is 0.400. The number of aryl methyl sites for hydroxylation is 1. The Morgan fingerprint density at radius 2 is 2.04 bits per heavy atom. The zero-order valence-corrected chi connectivity index (χ0v) is 19.2. The first-order chi connectivity index (χ1) is 12.6. The number of amides is 1. The van der Waals surface area contributed by atoms with Crippen molar-refractivity contribution in [3.05, 3.63) is 57.3 Å². The van der Waals surface area contributed by atoms with E-state index in [1.54, 1.807) is 18.4 Å². The topological polar surface area (TPSA) is 47.9 Å². The van der Waals surface area contributed by atoms with E-state index in [0.29, 0.717) is 0 Å². The van der Waals surface area contributed by atoms with Gasteiger partial charge in [-0.1, -0.05) is 29.8 Å². The number of hydrogen-bond donors (Lipinski definition) is 1. The Hall–Kier alpha value is -1.61. The van der Waals surface area contributed by atoms with Crippen molar-refractivity contribution in [2.24, 2.45) is 4.99 Å². The van der Waals surface area contributed by atoms with Gasteiger partial charge in [0.1, 0.15) is 0 Å². The minimum absolute atomic E-state index is 0. The first-order valence-corrected chi connectivity index (χ1v) is 9.75. The standard InChI is InChI=1S/C20H26N4OS.HI/c1-15-4-6-16(7-5-15)13-23(3)20(21-2)22-12-19(25)24-10-8-18-17(14-24)9-11-26-18;/h4-7,9,11H,8,10,12-14H2,1-3H3,(H,21,22);1H. The maximum Gasteiger partial charge on any atom is 0.242 e. The van der Waals surface area contributed by atoms with Crippen molar-refractivity contribution in [3.63, 3.8) is 0 Å². The van der Waals surface area contributed by atoms with Crippen molar-refractivity contribution in [2.75, 3.05) is 27.2 Å². The summed E-state index contributed by atoms with van der Waals surface area (Å²) in [6.07, 6.45) is 0.959. The number of carbonyl (C=O) groups excluding carboxylic acids is 1. The highest BCUT2D eigenvalue weighted by Crippen LogP contribution is 2.23. The van der Waals surface area contributed by atoms with Gasteiger partial charge in [-0.15, -0.1) is 35.3 Å². The second-order valence-electron chi connectivity index (χ2n) is 6.68. The maximum atomic E-state index is 12.6. The second kappa shape index (κ2) is 10.1. The van der Waals surface area contributed by atoms with E-state index in [1.165, 1.54) is 21.6 Å². The normalized spacial score (nSPS) is 13.6. The average molecular weight is 498 g/mol. The van der Waals surface area contributed by atoms with Gasteiger partial charge in [-0.3, -0.25) is 9.79 Å². The predicted octanol–water partition coefficient (Wildman–Crippen LogP) is 3.27. The number of halogens is 1. The Balaban J connectivity index is 0.00000261. The smallest absolute Gasteiger partial charge is 0.242 e. The summed E-state index contributed by atoms with van der Waals surface area (Å²) in [6.45, 7) is 4.61. The Bertz CT molecular complexity index is 788. The van der Waals surface area contributed by atoms with Gasteiger partial charge in [0.15, 0.2) is 5.96 Å². The van der Waals surface area contributed by atoms with Gasteiger partial charge in [0, 0.05) is 38.6 Å². The largest absolute Gasteiger partial charge is 0.347 e. The van der Waals surface area contributed by atoms with Crippen LogP contribution in [-0.4, -0.2) is 48.9 Å². The van der Waals surface area contributed by atoms with Gasteiger partial charge in [-0.25, -0.2) is 0 Å². The van der Waals surface area contributed by atoms with E-state index < -0.39 is 0 Å². The Labute approximate surface area is 182 Å². The van der Waals surface area contributed by atoms with Crippen LogP contribution >= 0.6 is 35.3 Å². The van der Waals surface area contributed by atoms with Crippen molar-refractivity contribution in [2.45, 2.75) is 26.4 Å². The van der Waals surface area contributed by atoms with Crippen LogP contribution in [-0.2, 0) is 24.3 Å². The first kappa shape index (κ1) is 21.7. The molecule has 1 aromatic heterocycles. The van der Waals surface area contributed by atoms with Crippen LogP contribution in [0, 0.1) is 6.92 Å². The number of carbonyl (C=O) groups is 1. The highest BCUT2D eigenvalue weighted by atomic mass is 127. The molecule has 1 aromatic carbocycles. The fraction of sp³-hybridized carbons (Fsp3) is 0.400. The fourth-order valence-corrected chi connectivity index (χ4v) is 4.04. The summed E-state index contributed by atoms with van der Waals surface area (Å²) in [6, 6.07) is 10.6. The number of rotatable bonds is 4. The molecule has 5 nitrogen and oxygen atoms in total.